The zero-order chi connectivity index (χ0) is 14.1. The Kier molecular flexibility index (Phi) is 4.12. The highest BCUT2D eigenvalue weighted by Gasteiger charge is 2.38. The maximum atomic E-state index is 12.4. The number of halogens is 1. The maximum Gasteiger partial charge on any atom is 0.283 e. The van der Waals surface area contributed by atoms with E-state index >= 15 is 0 Å². The molecule has 3 heterocycles. The van der Waals surface area contributed by atoms with Crippen molar-refractivity contribution in [3.05, 3.63) is 21.0 Å². The molecule has 5 nitrogen and oxygen atoms in total. The van der Waals surface area contributed by atoms with E-state index in [0.717, 1.165) is 38.2 Å². The number of anilines is 1. The summed E-state index contributed by atoms with van der Waals surface area (Å²) in [6.45, 7) is 5.94. The van der Waals surface area contributed by atoms with E-state index in [1.165, 1.54) is 6.42 Å². The molecule has 6 heteroatoms. The average molecular weight is 341 g/mol. The largest absolute Gasteiger partial charge is 0.365 e. The van der Waals surface area contributed by atoms with Gasteiger partial charge in [0.2, 0.25) is 0 Å². The van der Waals surface area contributed by atoms with Crippen molar-refractivity contribution in [1.82, 2.24) is 15.1 Å². The topological polar surface area (TPSA) is 50.2 Å². The fourth-order valence-corrected chi connectivity index (χ4v) is 3.81. The number of nitrogens with zero attached hydrogens (tertiary/aromatic N) is 3. The minimum Gasteiger partial charge on any atom is -0.365 e. The Balaban J connectivity index is 1.87. The summed E-state index contributed by atoms with van der Waals surface area (Å²) in [5.41, 5.74) is 0.948. The van der Waals surface area contributed by atoms with Gasteiger partial charge in [-0.25, -0.2) is 4.68 Å². The van der Waals surface area contributed by atoms with Crippen LogP contribution in [0, 0.1) is 5.92 Å². The summed E-state index contributed by atoms with van der Waals surface area (Å²) in [5.74, 6) is 0.712. The van der Waals surface area contributed by atoms with Gasteiger partial charge in [0.1, 0.15) is 4.47 Å². The standard InChI is InChI=1S/C14H21BrN4O/c1-2-3-5-19-14(20)13(15)12(9-17-19)18-6-4-10-7-16-8-11(10)18/h9-11,16H,2-8H2,1H3/t10-,11+/m0/s1. The van der Waals surface area contributed by atoms with Crippen molar-refractivity contribution >= 4 is 21.6 Å². The lowest BCUT2D eigenvalue weighted by atomic mass is 10.1. The molecule has 0 aliphatic carbocycles. The van der Waals surface area contributed by atoms with Gasteiger partial charge in [0.15, 0.2) is 0 Å². The minimum atomic E-state index is -0.00893. The molecule has 2 aliphatic heterocycles. The van der Waals surface area contributed by atoms with E-state index in [1.807, 2.05) is 6.20 Å². The van der Waals surface area contributed by atoms with Crippen molar-refractivity contribution in [2.45, 2.75) is 38.8 Å². The van der Waals surface area contributed by atoms with Crippen molar-refractivity contribution in [3.63, 3.8) is 0 Å². The van der Waals surface area contributed by atoms with E-state index in [9.17, 15) is 4.79 Å². The van der Waals surface area contributed by atoms with Crippen LogP contribution in [0.3, 0.4) is 0 Å². The van der Waals surface area contributed by atoms with Gasteiger partial charge in [-0.2, -0.15) is 5.10 Å². The van der Waals surface area contributed by atoms with Crippen LogP contribution in [0.5, 0.6) is 0 Å². The zero-order valence-electron chi connectivity index (χ0n) is 11.8. The van der Waals surface area contributed by atoms with Crippen LogP contribution in [0.25, 0.3) is 0 Å². The molecular weight excluding hydrogens is 320 g/mol. The summed E-state index contributed by atoms with van der Waals surface area (Å²) in [4.78, 5) is 14.7. The van der Waals surface area contributed by atoms with Crippen LogP contribution in [0.15, 0.2) is 15.5 Å². The highest BCUT2D eigenvalue weighted by atomic mass is 79.9. The van der Waals surface area contributed by atoms with Crippen LogP contribution >= 0.6 is 15.9 Å². The van der Waals surface area contributed by atoms with Crippen molar-refractivity contribution < 1.29 is 0 Å². The van der Waals surface area contributed by atoms with E-state index in [0.29, 0.717) is 23.0 Å². The quantitative estimate of drug-likeness (QED) is 0.904. The van der Waals surface area contributed by atoms with Crippen LogP contribution in [0.4, 0.5) is 5.69 Å². The van der Waals surface area contributed by atoms with E-state index < -0.39 is 0 Å². The fraction of sp³-hybridized carbons (Fsp3) is 0.714. The molecule has 0 bridgehead atoms. The third-order valence-electron chi connectivity index (χ3n) is 4.44. The van der Waals surface area contributed by atoms with Crippen molar-refractivity contribution in [2.24, 2.45) is 5.92 Å². The molecular formula is C14H21BrN4O. The molecule has 2 saturated heterocycles. The second-order valence-electron chi connectivity index (χ2n) is 5.69. The van der Waals surface area contributed by atoms with Crippen molar-refractivity contribution in [2.75, 3.05) is 24.5 Å². The van der Waals surface area contributed by atoms with Gasteiger partial charge in [0.25, 0.3) is 5.56 Å². The molecule has 2 atom stereocenters. The highest BCUT2D eigenvalue weighted by Crippen LogP contribution is 2.34. The van der Waals surface area contributed by atoms with Gasteiger partial charge in [-0.1, -0.05) is 13.3 Å². The van der Waals surface area contributed by atoms with E-state index in [1.54, 1.807) is 4.68 Å². The van der Waals surface area contributed by atoms with E-state index in [4.69, 9.17) is 0 Å². The molecule has 110 valence electrons. The molecule has 0 aromatic carbocycles. The third-order valence-corrected chi connectivity index (χ3v) is 5.19. The number of aryl methyl sites for hydroxylation is 1. The lowest BCUT2D eigenvalue weighted by Gasteiger charge is -2.26. The van der Waals surface area contributed by atoms with Crippen molar-refractivity contribution in [1.29, 1.82) is 0 Å². The Hall–Kier alpha value is -0.880. The first-order chi connectivity index (χ1) is 9.72. The number of nitrogens with one attached hydrogen (secondary N) is 1. The molecule has 0 unspecified atom stereocenters. The summed E-state index contributed by atoms with van der Waals surface area (Å²) in [5, 5.41) is 7.78. The second-order valence-corrected chi connectivity index (χ2v) is 6.49. The fourth-order valence-electron chi connectivity index (χ4n) is 3.27. The molecule has 1 N–H and O–H groups in total. The van der Waals surface area contributed by atoms with Gasteiger partial charge >= 0.3 is 0 Å². The molecule has 3 rings (SSSR count). The molecule has 2 fully saturated rings. The first kappa shape index (κ1) is 14.1. The van der Waals surface area contributed by atoms with Crippen LogP contribution in [-0.4, -0.2) is 35.5 Å². The lowest BCUT2D eigenvalue weighted by Crippen LogP contribution is -2.36. The van der Waals surface area contributed by atoms with Gasteiger partial charge in [-0.3, -0.25) is 4.79 Å². The number of hydrogen-bond donors (Lipinski definition) is 1. The minimum absolute atomic E-state index is 0.00893. The number of aromatic nitrogens is 2. The number of fused-ring (bicyclic) bond motifs is 1. The smallest absolute Gasteiger partial charge is 0.283 e. The van der Waals surface area contributed by atoms with E-state index in [-0.39, 0.29) is 5.56 Å². The van der Waals surface area contributed by atoms with E-state index in [2.05, 4.69) is 38.2 Å². The van der Waals surface area contributed by atoms with Crippen LogP contribution in [-0.2, 0) is 6.54 Å². The average Bonchev–Trinajstić information content (AvgIpc) is 3.04. The third kappa shape index (κ3) is 2.39. The first-order valence-corrected chi connectivity index (χ1v) is 8.24. The summed E-state index contributed by atoms with van der Waals surface area (Å²) >= 11 is 3.49. The van der Waals surface area contributed by atoms with Gasteiger partial charge in [-0.15, -0.1) is 0 Å². The second kappa shape index (κ2) is 5.85. The summed E-state index contributed by atoms with van der Waals surface area (Å²) in [7, 11) is 0. The Morgan fingerprint density at radius 3 is 3.15 bits per heavy atom. The molecule has 2 aliphatic rings. The Bertz CT molecular complexity index is 544. The molecule has 0 spiro atoms. The first-order valence-electron chi connectivity index (χ1n) is 7.45. The van der Waals surface area contributed by atoms with Gasteiger partial charge in [0, 0.05) is 32.2 Å². The molecule has 20 heavy (non-hydrogen) atoms. The van der Waals surface area contributed by atoms with Crippen LogP contribution in [0.1, 0.15) is 26.2 Å². The summed E-state index contributed by atoms with van der Waals surface area (Å²) in [6, 6.07) is 0.513. The normalized spacial score (nSPS) is 25.2. The Morgan fingerprint density at radius 2 is 2.35 bits per heavy atom. The number of hydrogen-bond acceptors (Lipinski definition) is 4. The lowest BCUT2D eigenvalue weighted by molar-refractivity contribution is 0.537. The van der Waals surface area contributed by atoms with Crippen LogP contribution in [0.2, 0.25) is 0 Å². The molecule has 0 amide bonds. The molecule has 0 saturated carbocycles. The molecule has 1 aromatic heterocycles. The predicted molar refractivity (Wildman–Crippen MR) is 83.2 cm³/mol. The molecule has 0 radical (unpaired) electrons. The van der Waals surface area contributed by atoms with Gasteiger partial charge in [0.05, 0.1) is 11.9 Å². The van der Waals surface area contributed by atoms with Crippen molar-refractivity contribution in [3.8, 4) is 0 Å². The number of rotatable bonds is 4. The zero-order valence-corrected chi connectivity index (χ0v) is 13.4. The monoisotopic (exact) mass is 340 g/mol. The van der Waals surface area contributed by atoms with Gasteiger partial charge < -0.3 is 10.2 Å². The maximum absolute atomic E-state index is 12.4. The molecule has 1 aromatic rings. The Labute approximate surface area is 127 Å². The summed E-state index contributed by atoms with van der Waals surface area (Å²) < 4.78 is 2.23. The predicted octanol–water partition coefficient (Wildman–Crippen LogP) is 1.60. The Morgan fingerprint density at radius 1 is 1.50 bits per heavy atom. The SMILES string of the molecule is CCCCn1ncc(N2CC[C@H]3CNC[C@H]32)c(Br)c1=O. The highest BCUT2D eigenvalue weighted by molar-refractivity contribution is 9.10. The van der Waals surface area contributed by atoms with Crippen LogP contribution < -0.4 is 15.8 Å². The summed E-state index contributed by atoms with van der Waals surface area (Å²) in [6.07, 6.45) is 5.09. The van der Waals surface area contributed by atoms with Gasteiger partial charge in [-0.05, 0) is 34.7 Å². The number of unbranched alkanes of at least 4 members (excludes halogenated alkanes) is 1.